The third-order valence-corrected chi connectivity index (χ3v) is 4.79. The number of hydrogen-bond acceptors (Lipinski definition) is 4. The van der Waals surface area contributed by atoms with Gasteiger partial charge in [0, 0.05) is 38.8 Å². The number of nitrogens with zero attached hydrogens (tertiary/aromatic N) is 4. The lowest BCUT2D eigenvalue weighted by molar-refractivity contribution is -0.139. The van der Waals surface area contributed by atoms with Crippen molar-refractivity contribution in [3.05, 3.63) is 35.4 Å². The van der Waals surface area contributed by atoms with E-state index in [1.807, 2.05) is 36.1 Å². The van der Waals surface area contributed by atoms with E-state index < -0.39 is 0 Å². The first-order valence-electron chi connectivity index (χ1n) is 8.64. The van der Waals surface area contributed by atoms with Crippen molar-refractivity contribution in [2.75, 3.05) is 33.2 Å². The minimum Gasteiger partial charge on any atom is -0.335 e. The molecular weight excluding hydrogens is 300 g/mol. The summed E-state index contributed by atoms with van der Waals surface area (Å²) in [6, 6.07) is 9.65. The molecule has 0 unspecified atom stereocenters. The van der Waals surface area contributed by atoms with Gasteiger partial charge in [-0.3, -0.25) is 9.69 Å². The molecule has 0 spiro atoms. The standard InChI is InChI=1S/C19H28N4O/c1-15(2)23(14-18-7-5-17(13-20)6-8-18)19(24)16(3)22-11-9-21(4)10-12-22/h5-8,15-16H,9-12,14H2,1-4H3/t16-/m1/s1. The average Bonchev–Trinajstić information content (AvgIpc) is 2.59. The minimum absolute atomic E-state index is 0.0977. The van der Waals surface area contributed by atoms with Gasteiger partial charge in [0.25, 0.3) is 0 Å². The van der Waals surface area contributed by atoms with Crippen molar-refractivity contribution in [3.8, 4) is 6.07 Å². The molecule has 5 heteroatoms. The molecule has 1 saturated heterocycles. The molecule has 0 saturated carbocycles. The van der Waals surface area contributed by atoms with E-state index in [0.717, 1.165) is 31.7 Å². The number of benzene rings is 1. The van der Waals surface area contributed by atoms with E-state index in [9.17, 15) is 4.79 Å². The summed E-state index contributed by atoms with van der Waals surface area (Å²) in [7, 11) is 2.12. The first-order valence-corrected chi connectivity index (χ1v) is 8.64. The summed E-state index contributed by atoms with van der Waals surface area (Å²) >= 11 is 0. The number of piperazine rings is 1. The van der Waals surface area contributed by atoms with E-state index >= 15 is 0 Å². The lowest BCUT2D eigenvalue weighted by Gasteiger charge is -2.38. The molecule has 0 radical (unpaired) electrons. The monoisotopic (exact) mass is 328 g/mol. The summed E-state index contributed by atoms with van der Waals surface area (Å²) in [6.45, 7) is 10.6. The Morgan fingerprint density at radius 3 is 2.25 bits per heavy atom. The summed E-state index contributed by atoms with van der Waals surface area (Å²) in [5.41, 5.74) is 1.70. The number of likely N-dealkylation sites (N-methyl/N-ethyl adjacent to an activating group) is 1. The van der Waals surface area contributed by atoms with Crippen LogP contribution in [0.2, 0.25) is 0 Å². The predicted molar refractivity (Wildman–Crippen MR) is 95.4 cm³/mol. The summed E-state index contributed by atoms with van der Waals surface area (Å²) in [5, 5.41) is 8.90. The Hall–Kier alpha value is -1.90. The number of carbonyl (C=O) groups excluding carboxylic acids is 1. The molecule has 130 valence electrons. The van der Waals surface area contributed by atoms with Crippen molar-refractivity contribution in [1.29, 1.82) is 5.26 Å². The van der Waals surface area contributed by atoms with Crippen molar-refractivity contribution >= 4 is 5.91 Å². The van der Waals surface area contributed by atoms with Gasteiger partial charge in [-0.2, -0.15) is 5.26 Å². The van der Waals surface area contributed by atoms with E-state index in [2.05, 4.69) is 36.8 Å². The summed E-state index contributed by atoms with van der Waals surface area (Å²) < 4.78 is 0. The highest BCUT2D eigenvalue weighted by Gasteiger charge is 2.29. The maximum Gasteiger partial charge on any atom is 0.240 e. The third kappa shape index (κ3) is 4.56. The summed E-state index contributed by atoms with van der Waals surface area (Å²) in [5.74, 6) is 0.180. The van der Waals surface area contributed by atoms with Gasteiger partial charge in [0.2, 0.25) is 5.91 Å². The Bertz CT molecular complexity index is 582. The van der Waals surface area contributed by atoms with Gasteiger partial charge in [-0.25, -0.2) is 0 Å². The van der Waals surface area contributed by atoms with Crippen molar-refractivity contribution in [2.24, 2.45) is 0 Å². The quantitative estimate of drug-likeness (QED) is 0.829. The predicted octanol–water partition coefficient (Wildman–Crippen LogP) is 1.93. The lowest BCUT2D eigenvalue weighted by atomic mass is 10.1. The normalized spacial score (nSPS) is 17.5. The largest absolute Gasteiger partial charge is 0.335 e. The topological polar surface area (TPSA) is 50.6 Å². The first kappa shape index (κ1) is 18.4. The molecule has 1 fully saturated rings. The molecular formula is C19H28N4O. The number of hydrogen-bond donors (Lipinski definition) is 0. The van der Waals surface area contributed by atoms with Crippen molar-refractivity contribution in [1.82, 2.24) is 14.7 Å². The second kappa shape index (κ2) is 8.27. The molecule has 1 aromatic carbocycles. The van der Waals surface area contributed by atoms with E-state index in [-0.39, 0.29) is 18.0 Å². The van der Waals surface area contributed by atoms with Crippen LogP contribution in [0.3, 0.4) is 0 Å². The van der Waals surface area contributed by atoms with Crippen LogP contribution in [-0.2, 0) is 11.3 Å². The fourth-order valence-corrected chi connectivity index (χ4v) is 3.00. The highest BCUT2D eigenvalue weighted by atomic mass is 16.2. The number of nitriles is 1. The van der Waals surface area contributed by atoms with Crippen LogP contribution in [0.5, 0.6) is 0 Å². The van der Waals surface area contributed by atoms with Gasteiger partial charge in [0.05, 0.1) is 17.7 Å². The molecule has 0 N–H and O–H groups in total. The van der Waals surface area contributed by atoms with Crippen LogP contribution in [0.15, 0.2) is 24.3 Å². The fraction of sp³-hybridized carbons (Fsp3) is 0.579. The highest BCUT2D eigenvalue weighted by molar-refractivity contribution is 5.81. The number of carbonyl (C=O) groups is 1. The second-order valence-corrected chi connectivity index (χ2v) is 6.88. The SMILES string of the molecule is CC(C)N(Cc1ccc(C#N)cc1)C(=O)[C@@H](C)N1CCN(C)CC1. The zero-order valence-electron chi connectivity index (χ0n) is 15.2. The minimum atomic E-state index is -0.0977. The zero-order valence-corrected chi connectivity index (χ0v) is 15.2. The number of rotatable bonds is 5. The van der Waals surface area contributed by atoms with Gasteiger partial charge in [-0.05, 0) is 45.5 Å². The van der Waals surface area contributed by atoms with Crippen LogP contribution in [-0.4, -0.2) is 65.9 Å². The fourth-order valence-electron chi connectivity index (χ4n) is 3.00. The van der Waals surface area contributed by atoms with E-state index in [1.54, 1.807) is 0 Å². The molecule has 1 aliphatic heterocycles. The average molecular weight is 328 g/mol. The maximum absolute atomic E-state index is 13.0. The van der Waals surface area contributed by atoms with E-state index in [0.29, 0.717) is 12.1 Å². The Morgan fingerprint density at radius 2 is 1.75 bits per heavy atom. The highest BCUT2D eigenvalue weighted by Crippen LogP contribution is 2.14. The smallest absolute Gasteiger partial charge is 0.240 e. The van der Waals surface area contributed by atoms with Crippen LogP contribution in [0.4, 0.5) is 0 Å². The van der Waals surface area contributed by atoms with Crippen LogP contribution in [0.25, 0.3) is 0 Å². The first-order chi connectivity index (χ1) is 11.4. The molecule has 24 heavy (non-hydrogen) atoms. The van der Waals surface area contributed by atoms with Gasteiger partial charge < -0.3 is 9.80 Å². The van der Waals surface area contributed by atoms with Crippen LogP contribution >= 0.6 is 0 Å². The Balaban J connectivity index is 2.05. The van der Waals surface area contributed by atoms with Gasteiger partial charge in [0.15, 0.2) is 0 Å². The molecule has 0 aromatic heterocycles. The zero-order chi connectivity index (χ0) is 17.7. The van der Waals surface area contributed by atoms with Gasteiger partial charge in [-0.15, -0.1) is 0 Å². The molecule has 1 heterocycles. The molecule has 5 nitrogen and oxygen atoms in total. The maximum atomic E-state index is 13.0. The van der Waals surface area contributed by atoms with Crippen LogP contribution in [0, 0.1) is 11.3 Å². The Kier molecular flexibility index (Phi) is 6.36. The molecule has 0 aliphatic carbocycles. The lowest BCUT2D eigenvalue weighted by Crippen LogP contribution is -2.54. The van der Waals surface area contributed by atoms with Crippen molar-refractivity contribution in [3.63, 3.8) is 0 Å². The molecule has 1 aromatic rings. The van der Waals surface area contributed by atoms with Crippen LogP contribution in [0.1, 0.15) is 31.9 Å². The molecule has 0 bridgehead atoms. The van der Waals surface area contributed by atoms with Crippen molar-refractivity contribution < 1.29 is 4.79 Å². The van der Waals surface area contributed by atoms with Crippen LogP contribution < -0.4 is 0 Å². The molecule has 1 amide bonds. The van der Waals surface area contributed by atoms with Gasteiger partial charge >= 0.3 is 0 Å². The van der Waals surface area contributed by atoms with Crippen molar-refractivity contribution in [2.45, 2.75) is 39.4 Å². The second-order valence-electron chi connectivity index (χ2n) is 6.88. The van der Waals surface area contributed by atoms with E-state index in [1.165, 1.54) is 0 Å². The Morgan fingerprint density at radius 1 is 1.17 bits per heavy atom. The van der Waals surface area contributed by atoms with E-state index in [4.69, 9.17) is 5.26 Å². The Labute approximate surface area is 145 Å². The summed E-state index contributed by atoms with van der Waals surface area (Å²) in [6.07, 6.45) is 0. The summed E-state index contributed by atoms with van der Waals surface area (Å²) in [4.78, 5) is 19.5. The molecule has 1 aliphatic rings. The number of amides is 1. The third-order valence-electron chi connectivity index (χ3n) is 4.79. The van der Waals surface area contributed by atoms with Gasteiger partial charge in [-0.1, -0.05) is 12.1 Å². The van der Waals surface area contributed by atoms with Gasteiger partial charge in [0.1, 0.15) is 0 Å². The molecule has 2 rings (SSSR count). The molecule has 1 atom stereocenters.